The number of hydrogen-bond acceptors (Lipinski definition) is 2. The summed E-state index contributed by atoms with van der Waals surface area (Å²) in [7, 11) is 0. The van der Waals surface area contributed by atoms with E-state index in [4.69, 9.17) is 11.6 Å². The molecule has 2 aromatic rings. The van der Waals surface area contributed by atoms with Crippen molar-refractivity contribution in [2.75, 3.05) is 0 Å². The Morgan fingerprint density at radius 1 is 1.38 bits per heavy atom. The van der Waals surface area contributed by atoms with E-state index in [2.05, 4.69) is 10.4 Å². The van der Waals surface area contributed by atoms with Crippen molar-refractivity contribution in [2.45, 2.75) is 45.2 Å². The lowest BCUT2D eigenvalue weighted by Gasteiger charge is -2.11. The van der Waals surface area contributed by atoms with E-state index in [0.29, 0.717) is 6.04 Å². The Hall–Kier alpha value is -1.39. The summed E-state index contributed by atoms with van der Waals surface area (Å²) in [6.07, 6.45) is 7.05. The van der Waals surface area contributed by atoms with Crippen molar-refractivity contribution in [3.8, 4) is 5.69 Å². The molecular weight excluding hydrogens is 289 g/mol. The minimum absolute atomic E-state index is 0.119. The molecule has 5 heteroatoms. The van der Waals surface area contributed by atoms with Gasteiger partial charge in [0.15, 0.2) is 0 Å². The first-order valence-corrected chi connectivity index (χ1v) is 7.75. The molecule has 1 N–H and O–H groups in total. The third-order valence-corrected chi connectivity index (χ3v) is 4.49. The van der Waals surface area contributed by atoms with Gasteiger partial charge < -0.3 is 5.32 Å². The number of aromatic nitrogens is 2. The van der Waals surface area contributed by atoms with Crippen LogP contribution in [0, 0.1) is 12.7 Å². The average molecular weight is 308 g/mol. The van der Waals surface area contributed by atoms with Crippen molar-refractivity contribution in [1.82, 2.24) is 15.1 Å². The van der Waals surface area contributed by atoms with Gasteiger partial charge in [-0.15, -0.1) is 0 Å². The zero-order valence-corrected chi connectivity index (χ0v) is 12.8. The predicted molar refractivity (Wildman–Crippen MR) is 82.4 cm³/mol. The first-order chi connectivity index (χ1) is 10.1. The third kappa shape index (κ3) is 3.11. The van der Waals surface area contributed by atoms with E-state index in [9.17, 15) is 4.39 Å². The highest BCUT2D eigenvalue weighted by atomic mass is 35.5. The summed E-state index contributed by atoms with van der Waals surface area (Å²) >= 11 is 5.84. The van der Waals surface area contributed by atoms with Gasteiger partial charge in [-0.3, -0.25) is 0 Å². The molecule has 1 aliphatic carbocycles. The van der Waals surface area contributed by atoms with E-state index in [1.165, 1.54) is 37.3 Å². The Balaban J connectivity index is 1.76. The second-order valence-corrected chi connectivity index (χ2v) is 6.03. The quantitative estimate of drug-likeness (QED) is 0.925. The molecule has 0 bridgehead atoms. The zero-order valence-electron chi connectivity index (χ0n) is 12.1. The van der Waals surface area contributed by atoms with Gasteiger partial charge in [0, 0.05) is 23.8 Å². The summed E-state index contributed by atoms with van der Waals surface area (Å²) in [6.45, 7) is 2.85. The van der Waals surface area contributed by atoms with Crippen molar-refractivity contribution >= 4 is 11.6 Å². The van der Waals surface area contributed by atoms with Crippen LogP contribution in [0.3, 0.4) is 0 Å². The van der Waals surface area contributed by atoms with E-state index in [1.54, 1.807) is 16.8 Å². The Morgan fingerprint density at radius 2 is 2.14 bits per heavy atom. The van der Waals surface area contributed by atoms with Gasteiger partial charge in [-0.25, -0.2) is 9.07 Å². The molecule has 0 radical (unpaired) electrons. The SMILES string of the molecule is Cc1c(CNC2CCCC2)cnn1-c1ccc(F)c(Cl)c1. The molecule has 0 spiro atoms. The van der Waals surface area contributed by atoms with Crippen LogP contribution in [0.2, 0.25) is 5.02 Å². The maximum absolute atomic E-state index is 13.2. The third-order valence-electron chi connectivity index (χ3n) is 4.20. The normalized spacial score (nSPS) is 15.8. The standard InChI is InChI=1S/C16H19ClFN3/c1-11-12(9-19-13-4-2-3-5-13)10-20-21(11)14-6-7-16(18)15(17)8-14/h6-8,10,13,19H,2-5,9H2,1H3. The van der Waals surface area contributed by atoms with E-state index in [1.807, 2.05) is 13.1 Å². The van der Waals surface area contributed by atoms with Gasteiger partial charge in [-0.05, 0) is 38.0 Å². The van der Waals surface area contributed by atoms with Crippen LogP contribution in [-0.2, 0) is 6.54 Å². The van der Waals surface area contributed by atoms with Gasteiger partial charge in [-0.1, -0.05) is 24.4 Å². The lowest BCUT2D eigenvalue weighted by Crippen LogP contribution is -2.25. The van der Waals surface area contributed by atoms with Crippen molar-refractivity contribution in [3.05, 3.63) is 46.5 Å². The fraction of sp³-hybridized carbons (Fsp3) is 0.438. The molecule has 1 aromatic carbocycles. The van der Waals surface area contributed by atoms with Crippen LogP contribution in [0.1, 0.15) is 36.9 Å². The number of rotatable bonds is 4. The summed E-state index contributed by atoms with van der Waals surface area (Å²) in [4.78, 5) is 0. The Kier molecular flexibility index (Phi) is 4.27. The fourth-order valence-electron chi connectivity index (χ4n) is 2.88. The molecule has 3 rings (SSSR count). The number of benzene rings is 1. The van der Waals surface area contributed by atoms with Gasteiger partial charge in [0.1, 0.15) is 5.82 Å². The van der Waals surface area contributed by atoms with Crippen LogP contribution < -0.4 is 5.32 Å². The molecule has 3 nitrogen and oxygen atoms in total. The first-order valence-electron chi connectivity index (χ1n) is 7.37. The lowest BCUT2D eigenvalue weighted by molar-refractivity contribution is 0.523. The molecule has 0 aliphatic heterocycles. The van der Waals surface area contributed by atoms with Gasteiger partial charge >= 0.3 is 0 Å². The molecule has 0 atom stereocenters. The van der Waals surface area contributed by atoms with Crippen LogP contribution in [0.4, 0.5) is 4.39 Å². The number of nitrogens with zero attached hydrogens (tertiary/aromatic N) is 2. The Bertz CT molecular complexity index is 632. The molecule has 112 valence electrons. The van der Waals surface area contributed by atoms with Crippen LogP contribution in [0.25, 0.3) is 5.69 Å². The van der Waals surface area contributed by atoms with Gasteiger partial charge in [0.05, 0.1) is 16.9 Å². The minimum Gasteiger partial charge on any atom is -0.310 e. The molecule has 0 amide bonds. The van der Waals surface area contributed by atoms with Gasteiger partial charge in [-0.2, -0.15) is 5.10 Å². The molecule has 0 saturated heterocycles. The number of nitrogens with one attached hydrogen (secondary N) is 1. The summed E-state index contributed by atoms with van der Waals surface area (Å²) in [6, 6.07) is 5.29. The largest absolute Gasteiger partial charge is 0.310 e. The van der Waals surface area contributed by atoms with Crippen molar-refractivity contribution in [3.63, 3.8) is 0 Å². The van der Waals surface area contributed by atoms with E-state index < -0.39 is 5.82 Å². The maximum atomic E-state index is 13.2. The zero-order chi connectivity index (χ0) is 14.8. The number of halogens is 2. The van der Waals surface area contributed by atoms with Gasteiger partial charge in [0.25, 0.3) is 0 Å². The summed E-state index contributed by atoms with van der Waals surface area (Å²) in [5.74, 6) is -0.409. The molecule has 1 heterocycles. The predicted octanol–water partition coefficient (Wildman–Crippen LogP) is 4.01. The molecule has 1 saturated carbocycles. The van der Waals surface area contributed by atoms with Crippen LogP contribution in [0.5, 0.6) is 0 Å². The topological polar surface area (TPSA) is 29.9 Å². The molecule has 1 fully saturated rings. The fourth-order valence-corrected chi connectivity index (χ4v) is 3.05. The summed E-state index contributed by atoms with van der Waals surface area (Å²) < 4.78 is 15.0. The van der Waals surface area contributed by atoms with Crippen molar-refractivity contribution < 1.29 is 4.39 Å². The Morgan fingerprint density at radius 3 is 2.86 bits per heavy atom. The van der Waals surface area contributed by atoms with E-state index in [-0.39, 0.29) is 5.02 Å². The highest BCUT2D eigenvalue weighted by molar-refractivity contribution is 6.30. The van der Waals surface area contributed by atoms with E-state index >= 15 is 0 Å². The van der Waals surface area contributed by atoms with Crippen LogP contribution in [0.15, 0.2) is 24.4 Å². The summed E-state index contributed by atoms with van der Waals surface area (Å²) in [5, 5.41) is 8.10. The van der Waals surface area contributed by atoms with Crippen molar-refractivity contribution in [1.29, 1.82) is 0 Å². The average Bonchev–Trinajstić information content (AvgIpc) is 3.10. The highest BCUT2D eigenvalue weighted by Gasteiger charge is 2.15. The molecule has 0 unspecified atom stereocenters. The van der Waals surface area contributed by atoms with Crippen molar-refractivity contribution in [2.24, 2.45) is 0 Å². The minimum atomic E-state index is -0.409. The van der Waals surface area contributed by atoms with Crippen LogP contribution in [-0.4, -0.2) is 15.8 Å². The lowest BCUT2D eigenvalue weighted by atomic mass is 10.2. The van der Waals surface area contributed by atoms with E-state index in [0.717, 1.165) is 17.9 Å². The van der Waals surface area contributed by atoms with Gasteiger partial charge in [0.2, 0.25) is 0 Å². The summed E-state index contributed by atoms with van der Waals surface area (Å²) in [5.41, 5.74) is 3.01. The maximum Gasteiger partial charge on any atom is 0.141 e. The molecule has 1 aromatic heterocycles. The monoisotopic (exact) mass is 307 g/mol. The molecule has 1 aliphatic rings. The van der Waals surface area contributed by atoms with Crippen LogP contribution >= 0.6 is 11.6 Å². The Labute approximate surface area is 129 Å². The smallest absolute Gasteiger partial charge is 0.141 e. The molecular formula is C16H19ClFN3. The molecule has 21 heavy (non-hydrogen) atoms. The highest BCUT2D eigenvalue weighted by Crippen LogP contribution is 2.22. The number of hydrogen-bond donors (Lipinski definition) is 1. The first kappa shape index (κ1) is 14.5. The second-order valence-electron chi connectivity index (χ2n) is 5.63. The second kappa shape index (κ2) is 6.16.